The lowest BCUT2D eigenvalue weighted by molar-refractivity contribution is -0.116. The Bertz CT molecular complexity index is 1040. The number of aromatic nitrogens is 2. The fraction of sp³-hybridized carbons (Fsp3) is 0.222. The Hall–Kier alpha value is -2.71. The van der Waals surface area contributed by atoms with E-state index in [-0.39, 0.29) is 17.2 Å². The van der Waals surface area contributed by atoms with Crippen LogP contribution in [0, 0.1) is 6.92 Å². The fourth-order valence-corrected chi connectivity index (χ4v) is 3.41. The molecule has 1 heterocycles. The summed E-state index contributed by atoms with van der Waals surface area (Å²) in [7, 11) is -2.07. The molecule has 2 aromatic carbocycles. The van der Waals surface area contributed by atoms with Crippen LogP contribution in [-0.2, 0) is 21.2 Å². The second-order valence-corrected chi connectivity index (χ2v) is 7.81. The van der Waals surface area contributed by atoms with Gasteiger partial charge in [0.05, 0.1) is 16.1 Å². The molecule has 136 valence electrons. The van der Waals surface area contributed by atoms with E-state index in [0.29, 0.717) is 12.1 Å². The molecule has 0 atom stereocenters. The maximum atomic E-state index is 12.3. The van der Waals surface area contributed by atoms with Gasteiger partial charge in [0.1, 0.15) is 11.3 Å². The number of amides is 1. The molecule has 0 fully saturated rings. The van der Waals surface area contributed by atoms with Gasteiger partial charge in [-0.1, -0.05) is 18.2 Å². The Kier molecular flexibility index (Phi) is 5.06. The van der Waals surface area contributed by atoms with Crippen LogP contribution in [0.4, 0.5) is 5.69 Å². The van der Waals surface area contributed by atoms with E-state index in [0.717, 1.165) is 22.4 Å². The highest BCUT2D eigenvalue weighted by Gasteiger charge is 2.12. The first-order chi connectivity index (χ1) is 12.4. The van der Waals surface area contributed by atoms with E-state index in [1.165, 1.54) is 19.2 Å². The molecule has 0 radical (unpaired) electrons. The van der Waals surface area contributed by atoms with E-state index in [4.69, 9.17) is 0 Å². The summed E-state index contributed by atoms with van der Waals surface area (Å²) in [4.78, 5) is 20.0. The minimum atomic E-state index is -3.44. The van der Waals surface area contributed by atoms with Crippen LogP contribution in [0.15, 0.2) is 47.4 Å². The molecule has 1 aromatic heterocycles. The average molecular weight is 372 g/mol. The van der Waals surface area contributed by atoms with Gasteiger partial charge in [-0.25, -0.2) is 18.1 Å². The number of H-pyrrole nitrogens is 1. The SMILES string of the molecule is CNS(=O)(=O)c1ccc(CCC(=O)Nc2cccc3[nH]c(C)nc23)cc1. The predicted octanol–water partition coefficient (Wildman–Crippen LogP) is 2.35. The van der Waals surface area contributed by atoms with Crippen molar-refractivity contribution < 1.29 is 13.2 Å². The minimum Gasteiger partial charge on any atom is -0.342 e. The maximum absolute atomic E-state index is 12.3. The number of hydrogen-bond donors (Lipinski definition) is 3. The van der Waals surface area contributed by atoms with Crippen LogP contribution in [0.1, 0.15) is 17.8 Å². The van der Waals surface area contributed by atoms with Crippen molar-refractivity contribution in [1.82, 2.24) is 14.7 Å². The summed E-state index contributed by atoms with van der Waals surface area (Å²) in [5.74, 6) is 0.670. The first-order valence-electron chi connectivity index (χ1n) is 8.17. The lowest BCUT2D eigenvalue weighted by atomic mass is 10.1. The van der Waals surface area contributed by atoms with Gasteiger partial charge in [-0.05, 0) is 50.2 Å². The van der Waals surface area contributed by atoms with Gasteiger partial charge in [0.15, 0.2) is 0 Å². The van der Waals surface area contributed by atoms with E-state index in [9.17, 15) is 13.2 Å². The van der Waals surface area contributed by atoms with Crippen molar-refractivity contribution in [3.8, 4) is 0 Å². The van der Waals surface area contributed by atoms with E-state index < -0.39 is 10.0 Å². The average Bonchev–Trinajstić information content (AvgIpc) is 3.02. The van der Waals surface area contributed by atoms with Crippen molar-refractivity contribution in [2.24, 2.45) is 0 Å². The zero-order chi connectivity index (χ0) is 18.7. The van der Waals surface area contributed by atoms with Gasteiger partial charge in [-0.2, -0.15) is 0 Å². The minimum absolute atomic E-state index is 0.120. The summed E-state index contributed by atoms with van der Waals surface area (Å²) in [6.07, 6.45) is 0.805. The largest absolute Gasteiger partial charge is 0.342 e. The zero-order valence-electron chi connectivity index (χ0n) is 14.5. The Morgan fingerprint density at radius 1 is 1.15 bits per heavy atom. The molecular formula is C18H20N4O3S. The van der Waals surface area contributed by atoms with E-state index >= 15 is 0 Å². The zero-order valence-corrected chi connectivity index (χ0v) is 15.4. The Balaban J connectivity index is 1.64. The van der Waals surface area contributed by atoms with Crippen LogP contribution in [0.3, 0.4) is 0 Å². The third-order valence-electron chi connectivity index (χ3n) is 4.05. The predicted molar refractivity (Wildman–Crippen MR) is 100 cm³/mol. The molecule has 26 heavy (non-hydrogen) atoms. The molecule has 0 unspecified atom stereocenters. The number of anilines is 1. The number of rotatable bonds is 6. The highest BCUT2D eigenvalue weighted by Crippen LogP contribution is 2.21. The monoisotopic (exact) mass is 372 g/mol. The number of sulfonamides is 1. The standard InChI is InChI=1S/C18H20N4O3S/c1-12-20-15-4-3-5-16(18(15)21-12)22-17(23)11-8-13-6-9-14(10-7-13)26(24,25)19-2/h3-7,9-10,19H,8,11H2,1-2H3,(H,20,21)(H,22,23). The van der Waals surface area contributed by atoms with Crippen LogP contribution in [0.25, 0.3) is 11.0 Å². The summed E-state index contributed by atoms with van der Waals surface area (Å²) >= 11 is 0. The Morgan fingerprint density at radius 2 is 1.88 bits per heavy atom. The second-order valence-electron chi connectivity index (χ2n) is 5.92. The number of benzene rings is 2. The number of aryl methyl sites for hydroxylation is 2. The molecule has 0 spiro atoms. The molecule has 0 aliphatic carbocycles. The van der Waals surface area contributed by atoms with Gasteiger partial charge in [0.2, 0.25) is 15.9 Å². The smallest absolute Gasteiger partial charge is 0.240 e. The lowest BCUT2D eigenvalue weighted by Crippen LogP contribution is -2.18. The molecule has 0 aliphatic heterocycles. The van der Waals surface area contributed by atoms with Gasteiger partial charge in [0.25, 0.3) is 0 Å². The summed E-state index contributed by atoms with van der Waals surface area (Å²) in [6.45, 7) is 1.86. The molecule has 8 heteroatoms. The molecule has 3 rings (SSSR count). The highest BCUT2D eigenvalue weighted by atomic mass is 32.2. The van der Waals surface area contributed by atoms with Gasteiger partial charge in [-0.15, -0.1) is 0 Å². The van der Waals surface area contributed by atoms with E-state index in [2.05, 4.69) is 20.0 Å². The van der Waals surface area contributed by atoms with Crippen LogP contribution in [-0.4, -0.2) is 31.3 Å². The summed E-state index contributed by atoms with van der Waals surface area (Å²) in [5.41, 5.74) is 3.18. The van der Waals surface area contributed by atoms with Crippen molar-refractivity contribution in [3.63, 3.8) is 0 Å². The molecule has 0 saturated heterocycles. The molecular weight excluding hydrogens is 352 g/mol. The number of aromatic amines is 1. The van der Waals surface area contributed by atoms with Gasteiger partial charge >= 0.3 is 0 Å². The molecule has 1 amide bonds. The van der Waals surface area contributed by atoms with Crippen LogP contribution in [0.5, 0.6) is 0 Å². The number of fused-ring (bicyclic) bond motifs is 1. The summed E-state index contributed by atoms with van der Waals surface area (Å²) in [6, 6.07) is 12.1. The van der Waals surface area contributed by atoms with Crippen molar-refractivity contribution in [2.45, 2.75) is 24.7 Å². The highest BCUT2D eigenvalue weighted by molar-refractivity contribution is 7.89. The summed E-state index contributed by atoms with van der Waals surface area (Å²) < 4.78 is 25.7. The van der Waals surface area contributed by atoms with Crippen LogP contribution >= 0.6 is 0 Å². The normalized spacial score (nSPS) is 11.6. The molecule has 3 aromatic rings. The van der Waals surface area contributed by atoms with Gasteiger partial charge in [0, 0.05) is 6.42 Å². The van der Waals surface area contributed by atoms with E-state index in [1.807, 2.05) is 25.1 Å². The maximum Gasteiger partial charge on any atom is 0.240 e. The number of nitrogens with zero attached hydrogens (tertiary/aromatic N) is 1. The second kappa shape index (κ2) is 7.27. The van der Waals surface area contributed by atoms with Gasteiger partial charge < -0.3 is 10.3 Å². The van der Waals surface area contributed by atoms with Crippen molar-refractivity contribution in [2.75, 3.05) is 12.4 Å². The molecule has 0 bridgehead atoms. The first kappa shape index (κ1) is 18.1. The summed E-state index contributed by atoms with van der Waals surface area (Å²) in [5, 5.41) is 2.89. The fourth-order valence-electron chi connectivity index (χ4n) is 2.68. The van der Waals surface area contributed by atoms with Gasteiger partial charge in [-0.3, -0.25) is 4.79 Å². The molecule has 0 saturated carbocycles. The third kappa shape index (κ3) is 3.92. The van der Waals surface area contributed by atoms with Crippen LogP contribution in [0.2, 0.25) is 0 Å². The van der Waals surface area contributed by atoms with Crippen molar-refractivity contribution >= 4 is 32.7 Å². The Morgan fingerprint density at radius 3 is 2.58 bits per heavy atom. The van der Waals surface area contributed by atoms with Crippen molar-refractivity contribution in [1.29, 1.82) is 0 Å². The Labute approximate surface area is 151 Å². The number of para-hydroxylation sites is 1. The number of nitrogens with one attached hydrogen (secondary N) is 3. The third-order valence-corrected chi connectivity index (χ3v) is 5.48. The number of carbonyl (C=O) groups is 1. The van der Waals surface area contributed by atoms with Crippen molar-refractivity contribution in [3.05, 3.63) is 53.9 Å². The molecule has 7 nitrogen and oxygen atoms in total. The van der Waals surface area contributed by atoms with Crippen LogP contribution < -0.4 is 10.0 Å². The first-order valence-corrected chi connectivity index (χ1v) is 9.65. The number of carbonyl (C=O) groups excluding carboxylic acids is 1. The molecule has 3 N–H and O–H groups in total. The van der Waals surface area contributed by atoms with E-state index in [1.54, 1.807) is 12.1 Å². The number of imidazole rings is 1. The molecule has 0 aliphatic rings. The lowest BCUT2D eigenvalue weighted by Gasteiger charge is -2.07. The number of hydrogen-bond acceptors (Lipinski definition) is 4. The topological polar surface area (TPSA) is 104 Å². The quantitative estimate of drug-likeness (QED) is 0.618.